The second-order valence-corrected chi connectivity index (χ2v) is 9.42. The number of rotatable bonds is 8. The maximum atomic E-state index is 12.4. The van der Waals surface area contributed by atoms with Gasteiger partial charge in [-0.15, -0.1) is 11.3 Å². The van der Waals surface area contributed by atoms with Gasteiger partial charge in [-0.2, -0.15) is 13.2 Å². The first-order valence-electron chi connectivity index (χ1n) is 11.1. The fraction of sp³-hybridized carbons (Fsp3) is 0.160. The van der Waals surface area contributed by atoms with Crippen molar-refractivity contribution < 1.29 is 22.7 Å². The summed E-state index contributed by atoms with van der Waals surface area (Å²) in [5.74, 6) is 0.603. The maximum absolute atomic E-state index is 12.4. The first kappa shape index (κ1) is 24.8. The average molecular weight is 546 g/mol. The van der Waals surface area contributed by atoms with Crippen LogP contribution in [0.5, 0.6) is 11.5 Å². The predicted octanol–water partition coefficient (Wildman–Crippen LogP) is 6.90. The molecule has 2 aromatic carbocycles. The standard InChI is InChI=1S/C25H19ClF3N5O2S/c26-17-12-15(4-5-20(17)36-19-2-1-3-21-16(19)7-11-37-21)33-24-23-18(31-14-32-24)6-9-34(23)10-8-30-22(35)13-25(27,28)29/h1-7,9,11-12,14H,8,10,13H2,(H,30,35)(H,31,32,33). The Morgan fingerprint density at radius 3 is 2.78 bits per heavy atom. The topological polar surface area (TPSA) is 81.1 Å². The Kier molecular flexibility index (Phi) is 6.90. The molecule has 0 spiro atoms. The molecule has 0 aliphatic rings. The Morgan fingerprint density at radius 2 is 1.97 bits per heavy atom. The maximum Gasteiger partial charge on any atom is 0.397 e. The largest absolute Gasteiger partial charge is 0.455 e. The quantitative estimate of drug-likeness (QED) is 0.221. The molecule has 7 nitrogen and oxygen atoms in total. The van der Waals surface area contributed by atoms with Gasteiger partial charge in [-0.05, 0) is 47.8 Å². The molecule has 1 amide bonds. The van der Waals surface area contributed by atoms with E-state index in [1.165, 1.54) is 6.33 Å². The van der Waals surface area contributed by atoms with Crippen molar-refractivity contribution in [2.45, 2.75) is 19.1 Å². The first-order chi connectivity index (χ1) is 17.8. The number of hydrogen-bond acceptors (Lipinski definition) is 6. The number of nitrogens with one attached hydrogen (secondary N) is 2. The Labute approximate surface area is 217 Å². The van der Waals surface area contributed by atoms with Crippen LogP contribution in [-0.4, -0.2) is 33.2 Å². The van der Waals surface area contributed by atoms with Gasteiger partial charge >= 0.3 is 6.18 Å². The summed E-state index contributed by atoms with van der Waals surface area (Å²) in [5.41, 5.74) is 1.92. The molecule has 0 unspecified atom stereocenters. The molecule has 5 aromatic rings. The molecular formula is C25H19ClF3N5O2S. The van der Waals surface area contributed by atoms with Crippen molar-refractivity contribution in [3.8, 4) is 11.5 Å². The third kappa shape index (κ3) is 5.78. The van der Waals surface area contributed by atoms with Crippen LogP contribution < -0.4 is 15.4 Å². The molecule has 3 aromatic heterocycles. The van der Waals surface area contributed by atoms with Crippen molar-refractivity contribution in [2.75, 3.05) is 11.9 Å². The van der Waals surface area contributed by atoms with E-state index in [2.05, 4.69) is 20.6 Å². The van der Waals surface area contributed by atoms with Crippen LogP contribution in [0.15, 0.2) is 66.4 Å². The summed E-state index contributed by atoms with van der Waals surface area (Å²) in [6, 6.07) is 14.9. The molecule has 2 N–H and O–H groups in total. The van der Waals surface area contributed by atoms with Crippen molar-refractivity contribution in [1.82, 2.24) is 19.9 Å². The number of anilines is 2. The normalized spacial score (nSPS) is 11.7. The Morgan fingerprint density at radius 1 is 1.11 bits per heavy atom. The average Bonchev–Trinajstić information content (AvgIpc) is 3.48. The van der Waals surface area contributed by atoms with Crippen LogP contribution in [0.4, 0.5) is 24.7 Å². The summed E-state index contributed by atoms with van der Waals surface area (Å²) >= 11 is 8.15. The van der Waals surface area contributed by atoms with Crippen molar-refractivity contribution in [3.05, 3.63) is 71.5 Å². The third-order valence-electron chi connectivity index (χ3n) is 5.46. The number of carbonyl (C=O) groups is 1. The van der Waals surface area contributed by atoms with E-state index in [-0.39, 0.29) is 13.1 Å². The second-order valence-electron chi connectivity index (χ2n) is 8.07. The molecule has 0 saturated heterocycles. The lowest BCUT2D eigenvalue weighted by Crippen LogP contribution is -2.31. The number of halogens is 4. The summed E-state index contributed by atoms with van der Waals surface area (Å²) < 4.78 is 46.1. The molecule has 37 heavy (non-hydrogen) atoms. The zero-order chi connectivity index (χ0) is 26.0. The molecule has 0 atom stereocenters. The highest BCUT2D eigenvalue weighted by Crippen LogP contribution is 2.37. The minimum Gasteiger partial charge on any atom is -0.455 e. The van der Waals surface area contributed by atoms with Gasteiger partial charge in [0, 0.05) is 35.1 Å². The first-order valence-corrected chi connectivity index (χ1v) is 12.4. The molecule has 0 bridgehead atoms. The number of benzene rings is 2. The number of aromatic nitrogens is 3. The summed E-state index contributed by atoms with van der Waals surface area (Å²) in [6.07, 6.45) is -2.93. The molecule has 3 heterocycles. The lowest BCUT2D eigenvalue weighted by Gasteiger charge is -2.13. The lowest BCUT2D eigenvalue weighted by atomic mass is 10.2. The molecule has 190 valence electrons. The van der Waals surface area contributed by atoms with Crippen molar-refractivity contribution in [1.29, 1.82) is 0 Å². The van der Waals surface area contributed by atoms with Crippen LogP contribution in [-0.2, 0) is 11.3 Å². The lowest BCUT2D eigenvalue weighted by molar-refractivity contribution is -0.153. The third-order valence-corrected chi connectivity index (χ3v) is 6.63. The minimum absolute atomic E-state index is 0.0157. The number of hydrogen-bond donors (Lipinski definition) is 2. The molecule has 0 saturated carbocycles. The van der Waals surface area contributed by atoms with Gasteiger partial charge in [0.05, 0.1) is 10.5 Å². The van der Waals surface area contributed by atoms with Crippen molar-refractivity contribution >= 4 is 61.5 Å². The number of amides is 1. The zero-order valence-electron chi connectivity index (χ0n) is 19.1. The Bertz CT molecular complexity index is 1580. The zero-order valence-corrected chi connectivity index (χ0v) is 20.6. The van der Waals surface area contributed by atoms with Crippen LogP contribution in [0.2, 0.25) is 5.02 Å². The number of ether oxygens (including phenoxy) is 1. The summed E-state index contributed by atoms with van der Waals surface area (Å²) in [6.45, 7) is 0.249. The van der Waals surface area contributed by atoms with E-state index >= 15 is 0 Å². The number of thiophene rings is 1. The molecular weight excluding hydrogens is 527 g/mol. The SMILES string of the molecule is O=C(CC(F)(F)F)NCCn1ccc2ncnc(Nc3ccc(Oc4cccc5sccc45)c(Cl)c3)c21. The van der Waals surface area contributed by atoms with Gasteiger partial charge in [0.25, 0.3) is 0 Å². The fourth-order valence-corrected chi connectivity index (χ4v) is 4.87. The molecule has 0 fully saturated rings. The van der Waals surface area contributed by atoms with E-state index < -0.39 is 18.5 Å². The molecule has 0 aliphatic carbocycles. The minimum atomic E-state index is -4.55. The number of nitrogens with zero attached hydrogens (tertiary/aromatic N) is 3. The van der Waals surface area contributed by atoms with Crippen LogP contribution in [0.25, 0.3) is 21.1 Å². The van der Waals surface area contributed by atoms with Crippen LogP contribution in [0, 0.1) is 0 Å². The monoisotopic (exact) mass is 545 g/mol. The Hall–Kier alpha value is -3.83. The predicted molar refractivity (Wildman–Crippen MR) is 138 cm³/mol. The summed E-state index contributed by atoms with van der Waals surface area (Å²) in [4.78, 5) is 20.0. The highest BCUT2D eigenvalue weighted by Gasteiger charge is 2.30. The highest BCUT2D eigenvalue weighted by molar-refractivity contribution is 7.17. The highest BCUT2D eigenvalue weighted by atomic mass is 35.5. The summed E-state index contributed by atoms with van der Waals surface area (Å²) in [5, 5.41) is 8.90. The van der Waals surface area contributed by atoms with E-state index in [9.17, 15) is 18.0 Å². The van der Waals surface area contributed by atoms with Gasteiger partial charge in [-0.3, -0.25) is 4.79 Å². The van der Waals surface area contributed by atoms with E-state index in [0.29, 0.717) is 39.1 Å². The van der Waals surface area contributed by atoms with E-state index in [0.717, 1.165) is 10.1 Å². The van der Waals surface area contributed by atoms with E-state index in [1.54, 1.807) is 46.4 Å². The second kappa shape index (κ2) is 10.3. The molecule has 5 rings (SSSR count). The van der Waals surface area contributed by atoms with Gasteiger partial charge in [0.15, 0.2) is 5.82 Å². The van der Waals surface area contributed by atoms with Crippen molar-refractivity contribution in [2.24, 2.45) is 0 Å². The number of fused-ring (bicyclic) bond motifs is 2. The van der Waals surface area contributed by atoms with E-state index in [1.807, 2.05) is 29.6 Å². The van der Waals surface area contributed by atoms with Gasteiger partial charge < -0.3 is 19.9 Å². The molecule has 0 radical (unpaired) electrons. The van der Waals surface area contributed by atoms with Gasteiger partial charge in [0.2, 0.25) is 5.91 Å². The molecule has 12 heteroatoms. The van der Waals surface area contributed by atoms with Crippen LogP contribution in [0.1, 0.15) is 6.42 Å². The molecule has 0 aliphatic heterocycles. The van der Waals surface area contributed by atoms with Gasteiger partial charge in [-0.25, -0.2) is 9.97 Å². The Balaban J connectivity index is 1.31. The smallest absolute Gasteiger partial charge is 0.397 e. The van der Waals surface area contributed by atoms with Crippen LogP contribution >= 0.6 is 22.9 Å². The number of carbonyl (C=O) groups excluding carboxylic acids is 1. The summed E-state index contributed by atoms with van der Waals surface area (Å²) in [7, 11) is 0. The van der Waals surface area contributed by atoms with Crippen molar-refractivity contribution in [3.63, 3.8) is 0 Å². The van der Waals surface area contributed by atoms with Gasteiger partial charge in [-0.1, -0.05) is 17.7 Å². The van der Waals surface area contributed by atoms with Crippen LogP contribution in [0.3, 0.4) is 0 Å². The van der Waals surface area contributed by atoms with Gasteiger partial charge in [0.1, 0.15) is 29.8 Å². The number of alkyl halides is 3. The van der Waals surface area contributed by atoms with E-state index in [4.69, 9.17) is 16.3 Å². The fourth-order valence-electron chi connectivity index (χ4n) is 3.84.